The van der Waals surface area contributed by atoms with Gasteiger partial charge in [-0.3, -0.25) is 9.59 Å². The first-order chi connectivity index (χ1) is 11.0. The molecule has 0 atom stereocenters. The normalized spacial score (nSPS) is 15.7. The van der Waals surface area contributed by atoms with Crippen molar-refractivity contribution in [2.75, 3.05) is 13.1 Å². The number of aromatic nitrogens is 1. The maximum atomic E-state index is 12.3. The summed E-state index contributed by atoms with van der Waals surface area (Å²) in [4.78, 5) is 31.5. The molecule has 6 nitrogen and oxygen atoms in total. The average molecular weight is 333 g/mol. The molecule has 2 aromatic heterocycles. The van der Waals surface area contributed by atoms with Crippen LogP contribution in [-0.2, 0) is 0 Å². The van der Waals surface area contributed by atoms with Gasteiger partial charge in [0.1, 0.15) is 5.69 Å². The minimum absolute atomic E-state index is 0.0737. The van der Waals surface area contributed by atoms with Gasteiger partial charge < -0.3 is 14.6 Å². The quantitative estimate of drug-likeness (QED) is 0.936. The summed E-state index contributed by atoms with van der Waals surface area (Å²) in [5.41, 5.74) is 0.515. The van der Waals surface area contributed by atoms with E-state index in [0.29, 0.717) is 24.5 Å². The minimum atomic E-state index is -0.123. The van der Waals surface area contributed by atoms with Crippen LogP contribution in [0.3, 0.4) is 0 Å². The number of furan rings is 1. The Bertz CT molecular complexity index is 700. The summed E-state index contributed by atoms with van der Waals surface area (Å²) in [6.45, 7) is 5.02. The number of nitrogens with zero attached hydrogens (tertiary/aromatic N) is 2. The van der Waals surface area contributed by atoms with Gasteiger partial charge >= 0.3 is 0 Å². The van der Waals surface area contributed by atoms with Crippen LogP contribution in [-0.4, -0.2) is 40.8 Å². The van der Waals surface area contributed by atoms with Crippen molar-refractivity contribution in [2.24, 2.45) is 0 Å². The fourth-order valence-electron chi connectivity index (χ4n) is 2.78. The summed E-state index contributed by atoms with van der Waals surface area (Å²) in [6.07, 6.45) is 2.97. The molecule has 0 spiro atoms. The summed E-state index contributed by atoms with van der Waals surface area (Å²) >= 11 is 1.53. The summed E-state index contributed by atoms with van der Waals surface area (Å²) < 4.78 is 5.15. The molecule has 0 radical (unpaired) electrons. The highest BCUT2D eigenvalue weighted by atomic mass is 32.1. The van der Waals surface area contributed by atoms with Crippen molar-refractivity contribution in [3.8, 4) is 0 Å². The molecule has 1 aliphatic heterocycles. The predicted molar refractivity (Wildman–Crippen MR) is 86.7 cm³/mol. The molecule has 1 fully saturated rings. The lowest BCUT2D eigenvalue weighted by Gasteiger charge is -2.31. The lowest BCUT2D eigenvalue weighted by molar-refractivity contribution is 0.0667. The van der Waals surface area contributed by atoms with Crippen molar-refractivity contribution in [3.05, 3.63) is 39.7 Å². The molecule has 7 heteroatoms. The molecule has 0 saturated carbocycles. The van der Waals surface area contributed by atoms with Gasteiger partial charge in [0.05, 0.1) is 11.3 Å². The Labute approximate surface area is 138 Å². The molecular formula is C16H19N3O3S. The van der Waals surface area contributed by atoms with E-state index in [-0.39, 0.29) is 17.9 Å². The first-order valence-electron chi connectivity index (χ1n) is 7.62. The minimum Gasteiger partial charge on any atom is -0.459 e. The number of carbonyl (C=O) groups excluding carboxylic acids is 2. The first kappa shape index (κ1) is 15.7. The van der Waals surface area contributed by atoms with Gasteiger partial charge in [0, 0.05) is 24.0 Å². The molecule has 1 N–H and O–H groups in total. The van der Waals surface area contributed by atoms with E-state index in [2.05, 4.69) is 10.3 Å². The molecule has 3 rings (SSSR count). The summed E-state index contributed by atoms with van der Waals surface area (Å²) in [5.74, 6) is 0.148. The Morgan fingerprint density at radius 1 is 1.35 bits per heavy atom. The van der Waals surface area contributed by atoms with E-state index in [4.69, 9.17) is 4.42 Å². The van der Waals surface area contributed by atoms with Gasteiger partial charge in [-0.1, -0.05) is 0 Å². The Balaban J connectivity index is 1.54. The van der Waals surface area contributed by atoms with Crippen molar-refractivity contribution in [3.63, 3.8) is 0 Å². The Hall–Kier alpha value is -2.15. The van der Waals surface area contributed by atoms with Gasteiger partial charge in [-0.25, -0.2) is 4.98 Å². The van der Waals surface area contributed by atoms with E-state index in [1.54, 1.807) is 17.0 Å². The molecule has 2 amide bonds. The molecule has 0 aliphatic carbocycles. The van der Waals surface area contributed by atoms with Gasteiger partial charge in [0.15, 0.2) is 5.76 Å². The van der Waals surface area contributed by atoms with Crippen molar-refractivity contribution < 1.29 is 14.0 Å². The maximum absolute atomic E-state index is 12.3. The fourth-order valence-corrected chi connectivity index (χ4v) is 3.59. The fraction of sp³-hybridized carbons (Fsp3) is 0.438. The second-order valence-corrected chi connectivity index (χ2v) is 7.06. The van der Waals surface area contributed by atoms with E-state index in [0.717, 1.165) is 22.7 Å². The second kappa shape index (κ2) is 6.54. The number of piperidine rings is 1. The number of likely N-dealkylation sites (tertiary alicyclic amines) is 1. The van der Waals surface area contributed by atoms with E-state index < -0.39 is 0 Å². The molecule has 0 aromatic carbocycles. The Kier molecular flexibility index (Phi) is 4.47. The zero-order valence-electron chi connectivity index (χ0n) is 13.2. The van der Waals surface area contributed by atoms with Crippen LogP contribution in [0.1, 0.15) is 43.8 Å². The monoisotopic (exact) mass is 333 g/mol. The van der Waals surface area contributed by atoms with Crippen molar-refractivity contribution in [1.29, 1.82) is 0 Å². The molecule has 1 saturated heterocycles. The lowest BCUT2D eigenvalue weighted by Crippen LogP contribution is -2.46. The predicted octanol–water partition coefficient (Wildman–Crippen LogP) is 2.39. The molecule has 3 heterocycles. The van der Waals surface area contributed by atoms with E-state index in [1.807, 2.05) is 13.8 Å². The third-order valence-electron chi connectivity index (χ3n) is 3.97. The van der Waals surface area contributed by atoms with Crippen LogP contribution >= 0.6 is 11.3 Å². The van der Waals surface area contributed by atoms with Gasteiger partial charge in [-0.2, -0.15) is 0 Å². The Morgan fingerprint density at radius 3 is 2.65 bits per heavy atom. The second-order valence-electron chi connectivity index (χ2n) is 5.65. The standard InChI is InChI=1S/C16H19N3O3S/c1-10-14(17-11(2)23-10)15(20)18-12-5-7-19(8-6-12)16(21)13-4-3-9-22-13/h3-4,9,12H,5-8H2,1-2H3,(H,18,20). The molecule has 122 valence electrons. The number of thiazole rings is 1. The van der Waals surface area contributed by atoms with Crippen LogP contribution in [0.25, 0.3) is 0 Å². The van der Waals surface area contributed by atoms with Gasteiger partial charge in [-0.05, 0) is 38.8 Å². The van der Waals surface area contributed by atoms with Crippen LogP contribution < -0.4 is 5.32 Å². The molecule has 0 bridgehead atoms. The van der Waals surface area contributed by atoms with E-state index in [1.165, 1.54) is 17.6 Å². The lowest BCUT2D eigenvalue weighted by atomic mass is 10.0. The number of nitrogens with one attached hydrogen (secondary N) is 1. The third kappa shape index (κ3) is 3.44. The summed E-state index contributed by atoms with van der Waals surface area (Å²) in [5, 5.41) is 3.92. The third-order valence-corrected chi connectivity index (χ3v) is 4.85. The van der Waals surface area contributed by atoms with Crippen LogP contribution in [0.15, 0.2) is 22.8 Å². The number of amides is 2. The van der Waals surface area contributed by atoms with Crippen LogP contribution in [0.2, 0.25) is 0 Å². The van der Waals surface area contributed by atoms with Crippen molar-refractivity contribution in [2.45, 2.75) is 32.7 Å². The van der Waals surface area contributed by atoms with Gasteiger partial charge in [0.2, 0.25) is 0 Å². The first-order valence-corrected chi connectivity index (χ1v) is 8.44. The highest BCUT2D eigenvalue weighted by molar-refractivity contribution is 7.11. The zero-order valence-corrected chi connectivity index (χ0v) is 14.0. The topological polar surface area (TPSA) is 75.4 Å². The van der Waals surface area contributed by atoms with Gasteiger partial charge in [-0.15, -0.1) is 11.3 Å². The summed E-state index contributed by atoms with van der Waals surface area (Å²) in [6, 6.07) is 3.45. The molecule has 0 unspecified atom stereocenters. The highest BCUT2D eigenvalue weighted by Crippen LogP contribution is 2.18. The van der Waals surface area contributed by atoms with E-state index >= 15 is 0 Å². The maximum Gasteiger partial charge on any atom is 0.289 e. The average Bonchev–Trinajstić information content (AvgIpc) is 3.17. The van der Waals surface area contributed by atoms with E-state index in [9.17, 15) is 9.59 Å². The number of rotatable bonds is 3. The number of carbonyl (C=O) groups is 2. The smallest absolute Gasteiger partial charge is 0.289 e. The van der Waals surface area contributed by atoms with Crippen molar-refractivity contribution in [1.82, 2.24) is 15.2 Å². The molecule has 2 aromatic rings. The SMILES string of the molecule is Cc1nc(C(=O)NC2CCN(C(=O)c3ccco3)CC2)c(C)s1. The Morgan fingerprint density at radius 2 is 2.09 bits per heavy atom. The molecular weight excluding hydrogens is 314 g/mol. The van der Waals surface area contributed by atoms with Gasteiger partial charge in [0.25, 0.3) is 11.8 Å². The van der Waals surface area contributed by atoms with Crippen LogP contribution in [0.5, 0.6) is 0 Å². The summed E-state index contributed by atoms with van der Waals surface area (Å²) in [7, 11) is 0. The largest absolute Gasteiger partial charge is 0.459 e. The highest BCUT2D eigenvalue weighted by Gasteiger charge is 2.26. The van der Waals surface area contributed by atoms with Crippen molar-refractivity contribution >= 4 is 23.2 Å². The molecule has 1 aliphatic rings. The van der Waals surface area contributed by atoms with Crippen LogP contribution in [0.4, 0.5) is 0 Å². The zero-order chi connectivity index (χ0) is 16.4. The van der Waals surface area contributed by atoms with Crippen LogP contribution in [0, 0.1) is 13.8 Å². The number of hydrogen-bond acceptors (Lipinski definition) is 5. The number of hydrogen-bond donors (Lipinski definition) is 1. The molecule has 23 heavy (non-hydrogen) atoms. The number of aryl methyl sites for hydroxylation is 2.